The van der Waals surface area contributed by atoms with E-state index in [2.05, 4.69) is 20.6 Å². The molecule has 0 saturated heterocycles. The zero-order valence-corrected chi connectivity index (χ0v) is 20.9. The second kappa shape index (κ2) is 10.5. The molecule has 1 amide bonds. The summed E-state index contributed by atoms with van der Waals surface area (Å²) in [5.74, 6) is -0.872. The highest BCUT2D eigenvalue weighted by Gasteiger charge is 2.38. The number of halogens is 3. The monoisotopic (exact) mass is 512 g/mol. The first kappa shape index (κ1) is 25.9. The minimum Gasteiger partial charge on any atom is -0.440 e. The summed E-state index contributed by atoms with van der Waals surface area (Å²) in [6.07, 6.45) is 1.26. The van der Waals surface area contributed by atoms with Crippen molar-refractivity contribution in [2.45, 2.75) is 34.6 Å². The molecule has 2 heterocycles. The third-order valence-electron chi connectivity index (χ3n) is 3.66. The number of carbonyl (C=O) groups excluding carboxylic acids is 1. The standard InChI is InChI=1S/C18H24Cl3N4O5P/c1-6-28-31(27,29-7-2)17-11(20)10(19)13(30-17)16(26)25-12-14(21)23-9-24-15(12)22-8-18(3,4)5/h9H,6-8H2,1-5H3,(H,25,26)(H,22,23,24). The molecule has 0 spiro atoms. The number of rotatable bonds is 9. The molecular formula is C18H24Cl3N4O5P. The van der Waals surface area contributed by atoms with Crippen LogP contribution in [0, 0.1) is 5.41 Å². The van der Waals surface area contributed by atoms with E-state index >= 15 is 0 Å². The van der Waals surface area contributed by atoms with Gasteiger partial charge in [-0.15, -0.1) is 0 Å². The third-order valence-corrected chi connectivity index (χ3v) is 6.90. The quantitative estimate of drug-likeness (QED) is 0.327. The Hall–Kier alpha value is -1.35. The molecular weight excluding hydrogens is 490 g/mol. The molecule has 13 heteroatoms. The fourth-order valence-corrected chi connectivity index (χ4v) is 4.76. The van der Waals surface area contributed by atoms with Crippen molar-refractivity contribution in [2.24, 2.45) is 5.41 Å². The summed E-state index contributed by atoms with van der Waals surface area (Å²) < 4.78 is 28.9. The Morgan fingerprint density at radius 2 is 1.74 bits per heavy atom. The van der Waals surface area contributed by atoms with E-state index in [0.717, 1.165) is 0 Å². The number of anilines is 2. The van der Waals surface area contributed by atoms with Gasteiger partial charge in [-0.25, -0.2) is 9.97 Å². The zero-order chi connectivity index (χ0) is 23.4. The Labute approximate surface area is 195 Å². The molecule has 9 nitrogen and oxygen atoms in total. The Kier molecular flexibility index (Phi) is 8.78. The number of aromatic nitrogens is 2. The lowest BCUT2D eigenvalue weighted by Crippen LogP contribution is -2.21. The average molecular weight is 514 g/mol. The molecule has 0 saturated carbocycles. The van der Waals surface area contributed by atoms with Crippen molar-refractivity contribution in [2.75, 3.05) is 30.4 Å². The van der Waals surface area contributed by atoms with Crippen molar-refractivity contribution < 1.29 is 22.8 Å². The Bertz CT molecular complexity index is 983. The number of nitrogens with zero attached hydrogens (tertiary/aromatic N) is 2. The minimum atomic E-state index is -3.91. The lowest BCUT2D eigenvalue weighted by atomic mass is 9.97. The van der Waals surface area contributed by atoms with Crippen LogP contribution in [0.5, 0.6) is 0 Å². The van der Waals surface area contributed by atoms with Crippen LogP contribution < -0.4 is 16.1 Å². The molecule has 0 fully saturated rings. The van der Waals surface area contributed by atoms with Crippen LogP contribution in [0.1, 0.15) is 45.2 Å². The molecule has 0 unspecified atom stereocenters. The highest BCUT2D eigenvalue weighted by molar-refractivity contribution is 7.62. The Morgan fingerprint density at radius 1 is 1.13 bits per heavy atom. The summed E-state index contributed by atoms with van der Waals surface area (Å²) in [6.45, 7) is 10.0. The van der Waals surface area contributed by atoms with Crippen molar-refractivity contribution in [3.63, 3.8) is 0 Å². The van der Waals surface area contributed by atoms with E-state index < -0.39 is 13.5 Å². The maximum atomic E-state index is 13.0. The van der Waals surface area contributed by atoms with Crippen molar-refractivity contribution in [1.82, 2.24) is 9.97 Å². The summed E-state index contributed by atoms with van der Waals surface area (Å²) >= 11 is 18.5. The fraction of sp³-hybridized carbons (Fsp3) is 0.500. The molecule has 2 aromatic heterocycles. The van der Waals surface area contributed by atoms with Crippen LogP contribution in [0.25, 0.3) is 0 Å². The van der Waals surface area contributed by atoms with Gasteiger partial charge >= 0.3 is 7.60 Å². The third kappa shape index (κ3) is 6.34. The van der Waals surface area contributed by atoms with Gasteiger partial charge in [-0.1, -0.05) is 55.6 Å². The molecule has 2 rings (SSSR count). The van der Waals surface area contributed by atoms with Gasteiger partial charge in [-0.2, -0.15) is 0 Å². The molecule has 31 heavy (non-hydrogen) atoms. The highest BCUT2D eigenvalue weighted by Crippen LogP contribution is 2.51. The van der Waals surface area contributed by atoms with Crippen LogP contribution in [0.4, 0.5) is 11.5 Å². The van der Waals surface area contributed by atoms with Crippen LogP contribution in [0.15, 0.2) is 10.7 Å². The maximum absolute atomic E-state index is 13.0. The predicted molar refractivity (Wildman–Crippen MR) is 122 cm³/mol. The molecule has 2 aromatic rings. The minimum absolute atomic E-state index is 0.00284. The predicted octanol–water partition coefficient (Wildman–Crippen LogP) is 5.63. The number of nitrogens with one attached hydrogen (secondary N) is 2. The van der Waals surface area contributed by atoms with Gasteiger partial charge in [0.2, 0.25) is 11.3 Å². The van der Waals surface area contributed by atoms with Gasteiger partial charge in [0.15, 0.2) is 11.0 Å². The lowest BCUT2D eigenvalue weighted by molar-refractivity contribution is 0.0998. The lowest BCUT2D eigenvalue weighted by Gasteiger charge is -2.20. The Balaban J connectivity index is 2.39. The van der Waals surface area contributed by atoms with Crippen LogP contribution in [-0.4, -0.2) is 35.6 Å². The summed E-state index contributed by atoms with van der Waals surface area (Å²) in [7, 11) is -3.91. The first-order chi connectivity index (χ1) is 14.4. The summed E-state index contributed by atoms with van der Waals surface area (Å²) in [6, 6.07) is 0. The Morgan fingerprint density at radius 3 is 2.29 bits per heavy atom. The van der Waals surface area contributed by atoms with E-state index in [0.29, 0.717) is 12.4 Å². The van der Waals surface area contributed by atoms with Gasteiger partial charge in [-0.05, 0) is 19.3 Å². The van der Waals surface area contributed by atoms with Gasteiger partial charge in [0.1, 0.15) is 22.1 Å². The van der Waals surface area contributed by atoms with Crippen molar-refractivity contribution in [1.29, 1.82) is 0 Å². The van der Waals surface area contributed by atoms with E-state index in [4.69, 9.17) is 48.3 Å². The van der Waals surface area contributed by atoms with Crippen molar-refractivity contribution in [3.8, 4) is 0 Å². The normalized spacial score (nSPS) is 12.1. The smallest absolute Gasteiger partial charge is 0.397 e. The van der Waals surface area contributed by atoms with E-state index in [-0.39, 0.29) is 50.8 Å². The molecule has 0 bridgehead atoms. The molecule has 172 valence electrons. The van der Waals surface area contributed by atoms with E-state index in [1.807, 2.05) is 20.8 Å². The number of amides is 1. The summed E-state index contributed by atoms with van der Waals surface area (Å²) in [4.78, 5) is 20.9. The van der Waals surface area contributed by atoms with E-state index in [1.165, 1.54) is 6.33 Å². The van der Waals surface area contributed by atoms with E-state index in [9.17, 15) is 9.36 Å². The van der Waals surface area contributed by atoms with Gasteiger partial charge in [-0.3, -0.25) is 9.36 Å². The van der Waals surface area contributed by atoms with Crippen LogP contribution in [0.2, 0.25) is 15.2 Å². The van der Waals surface area contributed by atoms with Gasteiger partial charge in [0.25, 0.3) is 5.91 Å². The second-order valence-corrected chi connectivity index (χ2v) is 10.5. The number of carbonyl (C=O) groups is 1. The number of hydrogen-bond donors (Lipinski definition) is 2. The molecule has 0 aliphatic carbocycles. The van der Waals surface area contributed by atoms with Crippen molar-refractivity contribution >= 4 is 65.3 Å². The van der Waals surface area contributed by atoms with E-state index in [1.54, 1.807) is 13.8 Å². The summed E-state index contributed by atoms with van der Waals surface area (Å²) in [5, 5.41) is 5.20. The molecule has 0 radical (unpaired) electrons. The van der Waals surface area contributed by atoms with Crippen molar-refractivity contribution in [3.05, 3.63) is 27.3 Å². The fourth-order valence-electron chi connectivity index (χ4n) is 2.32. The van der Waals surface area contributed by atoms with Crippen LogP contribution in [0.3, 0.4) is 0 Å². The number of hydrogen-bond acceptors (Lipinski definition) is 8. The first-order valence-corrected chi connectivity index (χ1v) is 12.0. The van der Waals surface area contributed by atoms with Gasteiger partial charge in [0, 0.05) is 6.54 Å². The molecule has 0 atom stereocenters. The zero-order valence-electron chi connectivity index (χ0n) is 17.7. The maximum Gasteiger partial charge on any atom is 0.397 e. The molecule has 0 aliphatic heterocycles. The highest BCUT2D eigenvalue weighted by atomic mass is 35.5. The van der Waals surface area contributed by atoms with Gasteiger partial charge in [0.05, 0.1) is 13.2 Å². The molecule has 0 aromatic carbocycles. The molecule has 0 aliphatic rings. The van der Waals surface area contributed by atoms with Crippen LogP contribution >= 0.6 is 42.4 Å². The second-order valence-electron chi connectivity index (χ2n) is 7.45. The first-order valence-electron chi connectivity index (χ1n) is 9.36. The largest absolute Gasteiger partial charge is 0.440 e. The number of furan rings is 1. The topological polar surface area (TPSA) is 116 Å². The SMILES string of the molecule is CCOP(=O)(OCC)c1oc(C(=O)Nc2c(Cl)ncnc2NCC(C)(C)C)c(Cl)c1Cl. The average Bonchev–Trinajstić information content (AvgIpc) is 2.98. The molecule has 2 N–H and O–H groups in total. The summed E-state index contributed by atoms with van der Waals surface area (Å²) in [5.41, 5.74) is -0.290. The van der Waals surface area contributed by atoms with Crippen LogP contribution in [-0.2, 0) is 13.6 Å². The van der Waals surface area contributed by atoms with Gasteiger partial charge < -0.3 is 24.1 Å².